The molecular weight excluding hydrogens is 304 g/mol. The van der Waals surface area contributed by atoms with Crippen molar-refractivity contribution in [1.29, 1.82) is 0 Å². The molecule has 1 aromatic carbocycles. The molecule has 1 saturated heterocycles. The van der Waals surface area contributed by atoms with Crippen molar-refractivity contribution in [3.05, 3.63) is 23.2 Å². The van der Waals surface area contributed by atoms with Crippen LogP contribution in [0, 0.1) is 0 Å². The highest BCUT2D eigenvalue weighted by atomic mass is 35.5. The second-order valence-electron chi connectivity index (χ2n) is 4.85. The van der Waals surface area contributed by atoms with Crippen LogP contribution >= 0.6 is 11.6 Å². The highest BCUT2D eigenvalue weighted by Crippen LogP contribution is 2.25. The molecule has 6 nitrogen and oxygen atoms in total. The van der Waals surface area contributed by atoms with E-state index in [0.717, 1.165) is 0 Å². The summed E-state index contributed by atoms with van der Waals surface area (Å²) in [5.74, 6) is 0. The first kappa shape index (κ1) is 15.5. The highest BCUT2D eigenvalue weighted by Gasteiger charge is 2.31. The summed E-state index contributed by atoms with van der Waals surface area (Å²) in [6.07, 6.45) is 0.788. The van der Waals surface area contributed by atoms with Gasteiger partial charge in [0.1, 0.15) is 4.90 Å². The Labute approximate surface area is 122 Å². The molecule has 1 fully saturated rings. The molecule has 1 aromatic rings. The third-order valence-electron chi connectivity index (χ3n) is 3.26. The van der Waals surface area contributed by atoms with Crippen LogP contribution in [-0.4, -0.2) is 38.9 Å². The first-order valence-electron chi connectivity index (χ1n) is 6.17. The van der Waals surface area contributed by atoms with Gasteiger partial charge in [-0.05, 0) is 18.2 Å². The fourth-order valence-electron chi connectivity index (χ4n) is 1.97. The molecule has 1 aliphatic rings. The standard InChI is InChI=1S/C12H17ClN2O4S/c13-10-7-9(14)1-2-11(10)20(17,18)15-8-12(16)3-5-19-6-4-12/h1-2,7,15-16H,3-6,8,14H2. The van der Waals surface area contributed by atoms with E-state index < -0.39 is 15.6 Å². The third kappa shape index (κ3) is 3.62. The van der Waals surface area contributed by atoms with Crippen LogP contribution < -0.4 is 10.5 Å². The average molecular weight is 321 g/mol. The predicted octanol–water partition coefficient (Wildman–Crippen LogP) is 0.742. The van der Waals surface area contributed by atoms with Crippen LogP contribution in [0.3, 0.4) is 0 Å². The number of hydrogen-bond acceptors (Lipinski definition) is 5. The normalized spacial score (nSPS) is 18.9. The molecule has 0 saturated carbocycles. The smallest absolute Gasteiger partial charge is 0.242 e. The minimum atomic E-state index is -3.78. The van der Waals surface area contributed by atoms with Crippen LogP contribution in [0.1, 0.15) is 12.8 Å². The van der Waals surface area contributed by atoms with E-state index in [1.807, 2.05) is 0 Å². The maximum absolute atomic E-state index is 12.2. The molecule has 2 rings (SSSR count). The number of sulfonamides is 1. The van der Waals surface area contributed by atoms with E-state index in [9.17, 15) is 13.5 Å². The molecular formula is C12H17ClN2O4S. The Bertz CT molecular complexity index is 585. The topological polar surface area (TPSA) is 102 Å². The highest BCUT2D eigenvalue weighted by molar-refractivity contribution is 7.89. The lowest BCUT2D eigenvalue weighted by Crippen LogP contribution is -2.46. The fraction of sp³-hybridized carbons (Fsp3) is 0.500. The van der Waals surface area contributed by atoms with Crippen LogP contribution in [-0.2, 0) is 14.8 Å². The second kappa shape index (κ2) is 5.87. The molecule has 8 heteroatoms. The number of ether oxygens (including phenoxy) is 1. The molecule has 0 unspecified atom stereocenters. The lowest BCUT2D eigenvalue weighted by atomic mass is 9.95. The molecule has 1 heterocycles. The monoisotopic (exact) mass is 320 g/mol. The summed E-state index contributed by atoms with van der Waals surface area (Å²) in [6, 6.07) is 4.18. The van der Waals surface area contributed by atoms with Crippen molar-refractivity contribution in [2.45, 2.75) is 23.3 Å². The summed E-state index contributed by atoms with van der Waals surface area (Å²) in [6.45, 7) is 0.765. The summed E-state index contributed by atoms with van der Waals surface area (Å²) in [5.41, 5.74) is 4.84. The van der Waals surface area contributed by atoms with Crippen LogP contribution in [0.15, 0.2) is 23.1 Å². The first-order chi connectivity index (χ1) is 9.32. The third-order valence-corrected chi connectivity index (χ3v) is 5.14. The lowest BCUT2D eigenvalue weighted by Gasteiger charge is -2.32. The van der Waals surface area contributed by atoms with Gasteiger partial charge in [0.15, 0.2) is 0 Å². The molecule has 20 heavy (non-hydrogen) atoms. The summed E-state index contributed by atoms with van der Waals surface area (Å²) in [5, 5.41) is 10.3. The molecule has 0 atom stereocenters. The fourth-order valence-corrected chi connectivity index (χ4v) is 3.64. The van der Waals surface area contributed by atoms with Crippen molar-refractivity contribution < 1.29 is 18.3 Å². The number of aliphatic hydroxyl groups is 1. The van der Waals surface area contributed by atoms with E-state index in [0.29, 0.717) is 31.7 Å². The van der Waals surface area contributed by atoms with Gasteiger partial charge >= 0.3 is 0 Å². The average Bonchev–Trinajstić information content (AvgIpc) is 2.37. The number of hydrogen-bond donors (Lipinski definition) is 3. The number of anilines is 1. The molecule has 0 radical (unpaired) electrons. The minimum absolute atomic E-state index is 0.0518. The molecule has 0 spiro atoms. The van der Waals surface area contributed by atoms with Crippen molar-refractivity contribution in [2.75, 3.05) is 25.5 Å². The van der Waals surface area contributed by atoms with E-state index >= 15 is 0 Å². The van der Waals surface area contributed by atoms with Gasteiger partial charge < -0.3 is 15.6 Å². The number of benzene rings is 1. The largest absolute Gasteiger partial charge is 0.399 e. The van der Waals surface area contributed by atoms with Gasteiger partial charge in [-0.1, -0.05) is 11.6 Å². The zero-order valence-electron chi connectivity index (χ0n) is 10.8. The Morgan fingerprint density at radius 1 is 1.40 bits per heavy atom. The van der Waals surface area contributed by atoms with Crippen LogP contribution in [0.25, 0.3) is 0 Å². The van der Waals surface area contributed by atoms with Crippen molar-refractivity contribution >= 4 is 27.3 Å². The van der Waals surface area contributed by atoms with Gasteiger partial charge in [0.2, 0.25) is 10.0 Å². The number of nitrogen functional groups attached to an aromatic ring is 1. The van der Waals surface area contributed by atoms with E-state index in [4.69, 9.17) is 22.1 Å². The van der Waals surface area contributed by atoms with Gasteiger partial charge in [-0.2, -0.15) is 0 Å². The summed E-state index contributed by atoms with van der Waals surface area (Å²) < 4.78 is 31.9. The maximum atomic E-state index is 12.2. The van der Waals surface area contributed by atoms with E-state index in [1.54, 1.807) is 0 Å². The summed E-state index contributed by atoms with van der Waals surface area (Å²) in [4.78, 5) is -0.0518. The predicted molar refractivity (Wildman–Crippen MR) is 76.1 cm³/mol. The number of nitrogens with two attached hydrogens (primary N) is 1. The summed E-state index contributed by atoms with van der Waals surface area (Å²) in [7, 11) is -3.78. The summed E-state index contributed by atoms with van der Waals surface area (Å²) >= 11 is 5.89. The van der Waals surface area contributed by atoms with Gasteiger partial charge in [0.05, 0.1) is 10.6 Å². The maximum Gasteiger partial charge on any atom is 0.242 e. The van der Waals surface area contributed by atoms with E-state index in [-0.39, 0.29) is 16.5 Å². The number of halogens is 1. The second-order valence-corrected chi connectivity index (χ2v) is 6.99. The van der Waals surface area contributed by atoms with Gasteiger partial charge in [-0.15, -0.1) is 0 Å². The van der Waals surface area contributed by atoms with Crippen molar-refractivity contribution in [1.82, 2.24) is 4.72 Å². The van der Waals surface area contributed by atoms with Crippen molar-refractivity contribution in [3.8, 4) is 0 Å². The number of rotatable bonds is 4. The lowest BCUT2D eigenvalue weighted by molar-refractivity contribution is -0.0588. The Morgan fingerprint density at radius 3 is 2.65 bits per heavy atom. The zero-order valence-corrected chi connectivity index (χ0v) is 12.4. The molecule has 0 amide bonds. The molecule has 4 N–H and O–H groups in total. The van der Waals surface area contributed by atoms with Gasteiger partial charge in [-0.25, -0.2) is 13.1 Å². The van der Waals surface area contributed by atoms with E-state index in [2.05, 4.69) is 4.72 Å². The van der Waals surface area contributed by atoms with Crippen LogP contribution in [0.2, 0.25) is 5.02 Å². The van der Waals surface area contributed by atoms with Crippen LogP contribution in [0.5, 0.6) is 0 Å². The minimum Gasteiger partial charge on any atom is -0.399 e. The molecule has 1 aliphatic heterocycles. The molecule has 0 aromatic heterocycles. The van der Waals surface area contributed by atoms with Crippen molar-refractivity contribution in [2.24, 2.45) is 0 Å². The van der Waals surface area contributed by atoms with Crippen molar-refractivity contribution in [3.63, 3.8) is 0 Å². The Balaban J connectivity index is 2.11. The molecule has 0 aliphatic carbocycles. The molecule has 0 bridgehead atoms. The SMILES string of the molecule is Nc1ccc(S(=O)(=O)NCC2(O)CCOCC2)c(Cl)c1. The Hall–Kier alpha value is -0.860. The Kier molecular flexibility index (Phi) is 4.55. The quantitative estimate of drug-likeness (QED) is 0.710. The van der Waals surface area contributed by atoms with Gasteiger partial charge in [0, 0.05) is 38.3 Å². The van der Waals surface area contributed by atoms with Gasteiger partial charge in [0.25, 0.3) is 0 Å². The number of nitrogens with one attached hydrogen (secondary N) is 1. The van der Waals surface area contributed by atoms with E-state index in [1.165, 1.54) is 18.2 Å². The van der Waals surface area contributed by atoms with Gasteiger partial charge in [-0.3, -0.25) is 0 Å². The molecule has 112 valence electrons. The first-order valence-corrected chi connectivity index (χ1v) is 8.03. The zero-order chi connectivity index (χ0) is 14.8. The van der Waals surface area contributed by atoms with Crippen LogP contribution in [0.4, 0.5) is 5.69 Å². The Morgan fingerprint density at radius 2 is 2.05 bits per heavy atom.